The van der Waals surface area contributed by atoms with Crippen molar-refractivity contribution >= 4 is 27.5 Å². The summed E-state index contributed by atoms with van der Waals surface area (Å²) in [5.74, 6) is -0.539. The molecule has 0 radical (unpaired) electrons. The molecule has 1 N–H and O–H groups in total. The number of halogens is 4. The van der Waals surface area contributed by atoms with Gasteiger partial charge in [-0.05, 0) is 36.4 Å². The molecule has 0 aliphatic heterocycles. The molecule has 0 aliphatic rings. The van der Waals surface area contributed by atoms with E-state index in [1.165, 1.54) is 16.8 Å². The van der Waals surface area contributed by atoms with Gasteiger partial charge < -0.3 is 5.32 Å². The summed E-state index contributed by atoms with van der Waals surface area (Å²) < 4.78 is 40.7. The zero-order valence-corrected chi connectivity index (χ0v) is 15.1. The second kappa shape index (κ2) is 6.95. The van der Waals surface area contributed by atoms with E-state index in [-0.39, 0.29) is 11.4 Å². The van der Waals surface area contributed by atoms with Crippen molar-refractivity contribution in [3.8, 4) is 11.3 Å². The summed E-state index contributed by atoms with van der Waals surface area (Å²) in [6.07, 6.45) is -4.47. The number of hydrogen-bond acceptors (Lipinski definition) is 2. The van der Waals surface area contributed by atoms with Gasteiger partial charge in [0.1, 0.15) is 5.69 Å². The normalized spacial score (nSPS) is 11.4. The zero-order valence-electron chi connectivity index (χ0n) is 13.5. The molecule has 134 valence electrons. The minimum absolute atomic E-state index is 0.0659. The summed E-state index contributed by atoms with van der Waals surface area (Å²) in [6.45, 7) is 0. The standard InChI is InChI=1S/C18H13BrF3N3O/c1-25-16(10-15(24-25)11-5-7-13(19)8-6-11)17(26)23-14-4-2-3-12(9-14)18(20,21)22/h2-10H,1H3,(H,23,26). The predicted octanol–water partition coefficient (Wildman–Crippen LogP) is 5.12. The Kier molecular flexibility index (Phi) is 4.86. The molecule has 3 aromatic rings. The lowest BCUT2D eigenvalue weighted by Crippen LogP contribution is -2.16. The number of aromatic nitrogens is 2. The third kappa shape index (κ3) is 3.96. The highest BCUT2D eigenvalue weighted by molar-refractivity contribution is 9.10. The highest BCUT2D eigenvalue weighted by Crippen LogP contribution is 2.30. The number of benzene rings is 2. The fraction of sp³-hybridized carbons (Fsp3) is 0.111. The average molecular weight is 424 g/mol. The number of rotatable bonds is 3. The fourth-order valence-corrected chi connectivity index (χ4v) is 2.67. The maximum Gasteiger partial charge on any atom is 0.416 e. The fourth-order valence-electron chi connectivity index (χ4n) is 2.41. The van der Waals surface area contributed by atoms with Crippen LogP contribution < -0.4 is 5.32 Å². The van der Waals surface area contributed by atoms with Gasteiger partial charge in [-0.1, -0.05) is 34.1 Å². The first-order valence-electron chi connectivity index (χ1n) is 7.52. The van der Waals surface area contributed by atoms with E-state index >= 15 is 0 Å². The molecule has 3 rings (SSSR count). The summed E-state index contributed by atoms with van der Waals surface area (Å²) in [7, 11) is 1.60. The van der Waals surface area contributed by atoms with E-state index < -0.39 is 17.6 Å². The number of carbonyl (C=O) groups excluding carboxylic acids is 1. The molecule has 0 saturated carbocycles. The topological polar surface area (TPSA) is 46.9 Å². The third-order valence-corrected chi connectivity index (χ3v) is 4.23. The van der Waals surface area contributed by atoms with Gasteiger partial charge in [0.05, 0.1) is 11.3 Å². The maximum absolute atomic E-state index is 12.8. The van der Waals surface area contributed by atoms with Gasteiger partial charge in [0, 0.05) is 22.8 Å². The minimum atomic E-state index is -4.47. The lowest BCUT2D eigenvalue weighted by atomic mass is 10.1. The van der Waals surface area contributed by atoms with E-state index in [9.17, 15) is 18.0 Å². The van der Waals surface area contributed by atoms with Crippen molar-refractivity contribution < 1.29 is 18.0 Å². The second-order valence-corrected chi connectivity index (χ2v) is 6.49. The number of aryl methyl sites for hydroxylation is 1. The molecule has 0 saturated heterocycles. The van der Waals surface area contributed by atoms with Crippen LogP contribution in [0.25, 0.3) is 11.3 Å². The summed E-state index contributed by atoms with van der Waals surface area (Å²) in [6, 6.07) is 13.5. The first kappa shape index (κ1) is 18.2. The molecule has 0 atom stereocenters. The van der Waals surface area contributed by atoms with Gasteiger partial charge in [0.25, 0.3) is 5.91 Å². The van der Waals surface area contributed by atoms with Crippen LogP contribution in [0.4, 0.5) is 18.9 Å². The second-order valence-electron chi connectivity index (χ2n) is 5.58. The monoisotopic (exact) mass is 423 g/mol. The summed E-state index contributed by atoms with van der Waals surface area (Å²) in [5, 5.41) is 6.77. The van der Waals surface area contributed by atoms with Crippen molar-refractivity contribution in [2.45, 2.75) is 6.18 Å². The number of carbonyl (C=O) groups is 1. The number of nitrogens with one attached hydrogen (secondary N) is 1. The van der Waals surface area contributed by atoms with E-state index in [2.05, 4.69) is 26.3 Å². The van der Waals surface area contributed by atoms with Gasteiger partial charge in [0.15, 0.2) is 0 Å². The highest BCUT2D eigenvalue weighted by atomic mass is 79.9. The van der Waals surface area contributed by atoms with E-state index in [4.69, 9.17) is 0 Å². The van der Waals surface area contributed by atoms with Gasteiger partial charge >= 0.3 is 6.18 Å². The molecule has 0 spiro atoms. The van der Waals surface area contributed by atoms with Gasteiger partial charge in [0.2, 0.25) is 0 Å². The first-order chi connectivity index (χ1) is 12.2. The van der Waals surface area contributed by atoms with Crippen LogP contribution in [0.2, 0.25) is 0 Å². The van der Waals surface area contributed by atoms with E-state index in [0.717, 1.165) is 22.2 Å². The van der Waals surface area contributed by atoms with Crippen LogP contribution in [0.15, 0.2) is 59.1 Å². The Morgan fingerprint density at radius 1 is 1.12 bits per heavy atom. The zero-order chi connectivity index (χ0) is 18.9. The van der Waals surface area contributed by atoms with Crippen LogP contribution in [-0.4, -0.2) is 15.7 Å². The third-order valence-electron chi connectivity index (χ3n) is 3.70. The number of alkyl halides is 3. The van der Waals surface area contributed by atoms with Crippen LogP contribution in [0.3, 0.4) is 0 Å². The van der Waals surface area contributed by atoms with Gasteiger partial charge in [-0.25, -0.2) is 0 Å². The molecule has 0 unspecified atom stereocenters. The molecule has 0 bridgehead atoms. The number of hydrogen-bond donors (Lipinski definition) is 1. The van der Waals surface area contributed by atoms with Crippen molar-refractivity contribution in [2.24, 2.45) is 7.05 Å². The van der Waals surface area contributed by atoms with Crippen molar-refractivity contribution in [2.75, 3.05) is 5.32 Å². The molecule has 0 fully saturated rings. The lowest BCUT2D eigenvalue weighted by molar-refractivity contribution is -0.137. The van der Waals surface area contributed by atoms with Gasteiger partial charge in [-0.15, -0.1) is 0 Å². The Morgan fingerprint density at radius 3 is 2.46 bits per heavy atom. The van der Waals surface area contributed by atoms with Crippen LogP contribution in [0, 0.1) is 0 Å². The van der Waals surface area contributed by atoms with E-state index in [0.29, 0.717) is 5.69 Å². The smallest absolute Gasteiger partial charge is 0.321 e. The summed E-state index contributed by atoms with van der Waals surface area (Å²) in [5.41, 5.74) is 0.892. The molecule has 26 heavy (non-hydrogen) atoms. The average Bonchev–Trinajstić information content (AvgIpc) is 2.97. The molecule has 1 aromatic heterocycles. The Hall–Kier alpha value is -2.61. The molecular formula is C18H13BrF3N3O. The van der Waals surface area contributed by atoms with Crippen molar-refractivity contribution in [3.05, 3.63) is 70.3 Å². The van der Waals surface area contributed by atoms with Crippen molar-refractivity contribution in [3.63, 3.8) is 0 Å². The predicted molar refractivity (Wildman–Crippen MR) is 95.7 cm³/mol. The van der Waals surface area contributed by atoms with Gasteiger partial charge in [-0.3, -0.25) is 9.48 Å². The molecule has 8 heteroatoms. The van der Waals surface area contributed by atoms with Crippen molar-refractivity contribution in [1.82, 2.24) is 9.78 Å². The first-order valence-corrected chi connectivity index (χ1v) is 8.32. The van der Waals surface area contributed by atoms with Crippen LogP contribution >= 0.6 is 15.9 Å². The van der Waals surface area contributed by atoms with Gasteiger partial charge in [-0.2, -0.15) is 18.3 Å². The molecular weight excluding hydrogens is 411 g/mol. The molecule has 0 aliphatic carbocycles. The number of anilines is 1. The lowest BCUT2D eigenvalue weighted by Gasteiger charge is -2.09. The molecule has 1 heterocycles. The van der Waals surface area contributed by atoms with E-state index in [1.807, 2.05) is 24.3 Å². The molecule has 4 nitrogen and oxygen atoms in total. The minimum Gasteiger partial charge on any atom is -0.321 e. The Labute approximate surface area is 155 Å². The number of nitrogens with zero attached hydrogens (tertiary/aromatic N) is 2. The Morgan fingerprint density at radius 2 is 1.81 bits per heavy atom. The largest absolute Gasteiger partial charge is 0.416 e. The van der Waals surface area contributed by atoms with Crippen LogP contribution in [0.5, 0.6) is 0 Å². The maximum atomic E-state index is 12.8. The summed E-state index contributed by atoms with van der Waals surface area (Å²) in [4.78, 5) is 12.4. The Balaban J connectivity index is 1.84. The van der Waals surface area contributed by atoms with Crippen molar-refractivity contribution in [1.29, 1.82) is 0 Å². The Bertz CT molecular complexity index is 949. The SMILES string of the molecule is Cn1nc(-c2ccc(Br)cc2)cc1C(=O)Nc1cccc(C(F)(F)F)c1. The van der Waals surface area contributed by atoms with E-state index in [1.54, 1.807) is 13.1 Å². The molecule has 2 aromatic carbocycles. The summed E-state index contributed by atoms with van der Waals surface area (Å²) >= 11 is 3.35. The quantitative estimate of drug-likeness (QED) is 0.635. The number of amides is 1. The van der Waals surface area contributed by atoms with Crippen LogP contribution in [0.1, 0.15) is 16.1 Å². The molecule has 1 amide bonds. The van der Waals surface area contributed by atoms with Crippen LogP contribution in [-0.2, 0) is 13.2 Å². The highest BCUT2D eigenvalue weighted by Gasteiger charge is 2.30.